The summed E-state index contributed by atoms with van der Waals surface area (Å²) in [6.45, 7) is 3.21. The number of carbonyl (C=O) groups excluding carboxylic acids is 1. The van der Waals surface area contributed by atoms with Gasteiger partial charge in [0.25, 0.3) is 26.0 Å². The molecule has 0 saturated heterocycles. The van der Waals surface area contributed by atoms with Crippen molar-refractivity contribution < 1.29 is 36.2 Å². The van der Waals surface area contributed by atoms with Gasteiger partial charge in [0.1, 0.15) is 11.9 Å². The monoisotopic (exact) mass is 621 g/mol. The van der Waals surface area contributed by atoms with Crippen molar-refractivity contribution in [1.82, 2.24) is 18.8 Å². The molecule has 1 amide bonds. The Balaban J connectivity index is 1.75. The number of nitrogens with zero attached hydrogens (tertiary/aromatic N) is 4. The largest absolute Gasteiger partial charge is 0.497 e. The van der Waals surface area contributed by atoms with E-state index in [9.17, 15) is 26.7 Å². The van der Waals surface area contributed by atoms with Gasteiger partial charge in [-0.05, 0) is 43.3 Å². The molecule has 15 heteroatoms. The molecule has 3 atom stereocenters. The van der Waals surface area contributed by atoms with Crippen LogP contribution in [-0.4, -0.2) is 92.6 Å². The lowest BCUT2D eigenvalue weighted by atomic mass is 9.99. The molecule has 0 saturated carbocycles. The summed E-state index contributed by atoms with van der Waals surface area (Å²) in [5, 5.41) is 9.76. The first kappa shape index (κ1) is 31.3. The summed E-state index contributed by atoms with van der Waals surface area (Å²) in [5.74, 6) is -0.456. The van der Waals surface area contributed by atoms with Gasteiger partial charge in [-0.25, -0.2) is 21.8 Å². The Hall–Kier alpha value is -3.66. The number of aryl methyl sites for hydroxylation is 1. The van der Waals surface area contributed by atoms with Crippen LogP contribution in [0.1, 0.15) is 24.2 Å². The van der Waals surface area contributed by atoms with Gasteiger partial charge in [-0.15, -0.1) is 0 Å². The van der Waals surface area contributed by atoms with Crippen molar-refractivity contribution in [3.05, 3.63) is 60.6 Å². The number of amides is 1. The fraction of sp³-hybridized carbons (Fsp3) is 0.407. The summed E-state index contributed by atoms with van der Waals surface area (Å²) in [7, 11) is -3.58. The molecule has 0 aliphatic carbocycles. The molecule has 0 spiro atoms. The molecule has 4 rings (SSSR count). The Morgan fingerprint density at radius 3 is 2.48 bits per heavy atom. The van der Waals surface area contributed by atoms with Crippen LogP contribution in [0.3, 0.4) is 0 Å². The van der Waals surface area contributed by atoms with E-state index in [0.29, 0.717) is 5.75 Å². The number of rotatable bonds is 10. The highest BCUT2D eigenvalue weighted by atomic mass is 32.2. The van der Waals surface area contributed by atoms with Crippen LogP contribution in [0, 0.1) is 5.92 Å². The molecule has 3 aromatic rings. The number of anilines is 1. The molecule has 0 bridgehead atoms. The topological polar surface area (TPSA) is 160 Å². The van der Waals surface area contributed by atoms with E-state index in [2.05, 4.69) is 9.71 Å². The van der Waals surface area contributed by atoms with Crippen LogP contribution in [0.4, 0.5) is 5.69 Å². The van der Waals surface area contributed by atoms with E-state index in [1.165, 1.54) is 78.6 Å². The Morgan fingerprint density at radius 1 is 1.19 bits per heavy atom. The van der Waals surface area contributed by atoms with Crippen LogP contribution < -0.4 is 14.2 Å². The Kier molecular flexibility index (Phi) is 9.15. The van der Waals surface area contributed by atoms with Gasteiger partial charge in [0, 0.05) is 32.8 Å². The number of imidazole rings is 1. The lowest BCUT2D eigenvalue weighted by Gasteiger charge is -2.38. The summed E-state index contributed by atoms with van der Waals surface area (Å²) in [5.41, 5.74) is 0.0694. The molecule has 1 aromatic heterocycles. The Labute approximate surface area is 245 Å². The van der Waals surface area contributed by atoms with Gasteiger partial charge in [0.2, 0.25) is 0 Å². The first-order valence-corrected chi connectivity index (χ1v) is 16.0. The molecule has 0 radical (unpaired) electrons. The molecule has 1 aliphatic heterocycles. The smallest absolute Gasteiger partial charge is 0.262 e. The predicted octanol–water partition coefficient (Wildman–Crippen LogP) is 1.77. The number of sulfonamides is 2. The van der Waals surface area contributed by atoms with Gasteiger partial charge in [-0.3, -0.25) is 9.52 Å². The van der Waals surface area contributed by atoms with Crippen LogP contribution >= 0.6 is 0 Å². The third kappa shape index (κ3) is 6.38. The molecule has 0 fully saturated rings. The summed E-state index contributed by atoms with van der Waals surface area (Å²) >= 11 is 0. The number of para-hydroxylation sites is 1. The van der Waals surface area contributed by atoms with E-state index >= 15 is 0 Å². The van der Waals surface area contributed by atoms with E-state index in [4.69, 9.17) is 9.47 Å². The second-order valence-corrected chi connectivity index (χ2v) is 13.9. The van der Waals surface area contributed by atoms with Gasteiger partial charge in [0.05, 0.1) is 48.8 Å². The SMILES string of the molecule is COc1ccc(S(=O)(=O)Nc2cccc3c2O[C@@H](CN(C)S(=O)(=O)c2cn(C)cn2)[C@@H](C)CN([C@H](C)CO)C3=O)cc1. The number of hydrogen-bond donors (Lipinski definition) is 2. The first-order valence-electron chi connectivity index (χ1n) is 13.1. The molecule has 2 aromatic carbocycles. The van der Waals surface area contributed by atoms with Crippen LogP contribution in [0.25, 0.3) is 0 Å². The molecule has 228 valence electrons. The van der Waals surface area contributed by atoms with Crippen LogP contribution in [0.5, 0.6) is 11.5 Å². The second-order valence-electron chi connectivity index (χ2n) is 10.2. The molecular formula is C27H35N5O8S2. The van der Waals surface area contributed by atoms with Gasteiger partial charge < -0.3 is 24.0 Å². The summed E-state index contributed by atoms with van der Waals surface area (Å²) in [4.78, 5) is 19.1. The molecule has 0 unspecified atom stereocenters. The molecule has 13 nitrogen and oxygen atoms in total. The van der Waals surface area contributed by atoms with Crippen molar-refractivity contribution in [2.45, 2.75) is 35.9 Å². The normalized spacial score (nSPS) is 18.5. The second kappa shape index (κ2) is 12.3. The quantitative estimate of drug-likeness (QED) is 0.344. The number of likely N-dealkylation sites (N-methyl/N-ethyl adjacent to an activating group) is 1. The maximum absolute atomic E-state index is 13.7. The highest BCUT2D eigenvalue weighted by Gasteiger charge is 2.37. The van der Waals surface area contributed by atoms with Crippen molar-refractivity contribution in [2.24, 2.45) is 13.0 Å². The zero-order valence-electron chi connectivity index (χ0n) is 24.0. The average Bonchev–Trinajstić information content (AvgIpc) is 3.41. The van der Waals surface area contributed by atoms with Gasteiger partial charge >= 0.3 is 0 Å². The number of carbonyl (C=O) groups is 1. The van der Waals surface area contributed by atoms with E-state index in [1.54, 1.807) is 20.9 Å². The highest BCUT2D eigenvalue weighted by molar-refractivity contribution is 7.92. The van der Waals surface area contributed by atoms with E-state index in [0.717, 1.165) is 4.31 Å². The maximum atomic E-state index is 13.7. The van der Waals surface area contributed by atoms with E-state index < -0.39 is 44.0 Å². The van der Waals surface area contributed by atoms with Gasteiger partial charge in [-0.1, -0.05) is 13.0 Å². The predicted molar refractivity (Wildman–Crippen MR) is 154 cm³/mol. The summed E-state index contributed by atoms with van der Waals surface area (Å²) < 4.78 is 69.8. The maximum Gasteiger partial charge on any atom is 0.262 e. The van der Waals surface area contributed by atoms with Crippen molar-refractivity contribution in [2.75, 3.05) is 38.6 Å². The molecule has 42 heavy (non-hydrogen) atoms. The van der Waals surface area contributed by atoms with E-state index in [-0.39, 0.29) is 46.6 Å². The Bertz CT molecular complexity index is 1640. The molecule has 2 heterocycles. The minimum Gasteiger partial charge on any atom is -0.497 e. The number of aliphatic hydroxyl groups is 1. The fourth-order valence-electron chi connectivity index (χ4n) is 4.53. The van der Waals surface area contributed by atoms with Crippen molar-refractivity contribution in [1.29, 1.82) is 0 Å². The number of ether oxygens (including phenoxy) is 2. The molecule has 2 N–H and O–H groups in total. The number of benzene rings is 2. The number of methoxy groups -OCH3 is 1. The first-order chi connectivity index (χ1) is 19.8. The lowest BCUT2D eigenvalue weighted by molar-refractivity contribution is 0.0389. The third-order valence-corrected chi connectivity index (χ3v) is 10.2. The summed E-state index contributed by atoms with van der Waals surface area (Å²) in [6, 6.07) is 9.69. The number of nitrogens with one attached hydrogen (secondary N) is 1. The van der Waals surface area contributed by atoms with Gasteiger partial charge in [0.15, 0.2) is 10.8 Å². The minimum absolute atomic E-state index is 0.00241. The lowest BCUT2D eigenvalue weighted by Crippen LogP contribution is -2.50. The van der Waals surface area contributed by atoms with Crippen molar-refractivity contribution >= 4 is 31.6 Å². The van der Waals surface area contributed by atoms with Crippen molar-refractivity contribution in [3.8, 4) is 11.5 Å². The number of aliphatic hydroxyl groups excluding tert-OH is 1. The standard InChI is InChI=1S/C27H35N5O8S2/c1-18-13-32(19(2)16-33)27(34)22-7-6-8-23(29-41(35,36)21-11-9-20(39-5)10-12-21)26(22)40-24(18)14-31(4)42(37,38)25-15-30(3)17-28-25/h6-12,15,17-19,24,29,33H,13-14,16H2,1-5H3/t18-,19+,24-/m0/s1. The number of aromatic nitrogens is 2. The third-order valence-electron chi connectivity index (χ3n) is 7.10. The zero-order chi connectivity index (χ0) is 30.8. The number of hydrogen-bond acceptors (Lipinski definition) is 9. The van der Waals surface area contributed by atoms with Crippen LogP contribution in [0.15, 0.2) is 64.9 Å². The number of fused-ring (bicyclic) bond motifs is 1. The summed E-state index contributed by atoms with van der Waals surface area (Å²) in [6.07, 6.45) is 1.95. The highest BCUT2D eigenvalue weighted by Crippen LogP contribution is 2.36. The van der Waals surface area contributed by atoms with Crippen LogP contribution in [0.2, 0.25) is 0 Å². The average molecular weight is 622 g/mol. The van der Waals surface area contributed by atoms with Crippen molar-refractivity contribution in [3.63, 3.8) is 0 Å². The minimum atomic E-state index is -4.12. The zero-order valence-corrected chi connectivity index (χ0v) is 25.6. The Morgan fingerprint density at radius 2 is 1.88 bits per heavy atom. The van der Waals surface area contributed by atoms with Crippen LogP contribution in [-0.2, 0) is 27.1 Å². The molecular weight excluding hydrogens is 586 g/mol. The fourth-order valence-corrected chi connectivity index (χ4v) is 6.74. The van der Waals surface area contributed by atoms with Gasteiger partial charge in [-0.2, -0.15) is 4.31 Å². The molecule has 1 aliphatic rings. The van der Waals surface area contributed by atoms with E-state index in [1.807, 2.05) is 0 Å².